The maximum Gasteiger partial charge on any atom is 0.243 e. The van der Waals surface area contributed by atoms with Crippen LogP contribution in [0.2, 0.25) is 0 Å². The Morgan fingerprint density at radius 3 is 2.50 bits per heavy atom. The fraction of sp³-hybridized carbons (Fsp3) is 0.571. The molecule has 1 saturated heterocycles. The zero-order valence-electron chi connectivity index (χ0n) is 12.0. The fourth-order valence-corrected chi connectivity index (χ4v) is 2.29. The van der Waals surface area contributed by atoms with Crippen LogP contribution in [0.3, 0.4) is 0 Å². The Labute approximate surface area is 118 Å². The third-order valence-corrected chi connectivity index (χ3v) is 3.27. The van der Waals surface area contributed by atoms with E-state index in [1.165, 1.54) is 0 Å². The molecule has 0 unspecified atom stereocenters. The molecular weight excluding hydrogens is 258 g/mol. The molecule has 2 heterocycles. The van der Waals surface area contributed by atoms with Crippen LogP contribution in [-0.2, 0) is 22.7 Å². The van der Waals surface area contributed by atoms with Gasteiger partial charge >= 0.3 is 0 Å². The average Bonchev–Trinajstić information content (AvgIpc) is 2.84. The Hall–Kier alpha value is -1.82. The van der Waals surface area contributed by atoms with Gasteiger partial charge in [0.05, 0.1) is 19.6 Å². The lowest BCUT2D eigenvalue weighted by atomic mass is 10.2. The minimum atomic E-state index is -0.0235. The molecule has 1 aliphatic rings. The van der Waals surface area contributed by atoms with Crippen LogP contribution in [-0.4, -0.2) is 48.3 Å². The van der Waals surface area contributed by atoms with Crippen LogP contribution < -0.4 is 5.32 Å². The normalized spacial score (nSPS) is 16.1. The summed E-state index contributed by atoms with van der Waals surface area (Å²) in [5.74, 6) is 1.52. The van der Waals surface area contributed by atoms with E-state index in [9.17, 15) is 9.59 Å². The third kappa shape index (κ3) is 3.39. The van der Waals surface area contributed by atoms with Gasteiger partial charge in [0, 0.05) is 6.54 Å². The van der Waals surface area contributed by atoms with Gasteiger partial charge < -0.3 is 19.5 Å². The van der Waals surface area contributed by atoms with Crippen LogP contribution in [0.4, 0.5) is 0 Å². The summed E-state index contributed by atoms with van der Waals surface area (Å²) in [6, 6.07) is 3.73. The van der Waals surface area contributed by atoms with E-state index < -0.39 is 0 Å². The highest BCUT2D eigenvalue weighted by molar-refractivity contribution is 5.92. The smallest absolute Gasteiger partial charge is 0.243 e. The first-order valence-corrected chi connectivity index (χ1v) is 6.91. The van der Waals surface area contributed by atoms with Gasteiger partial charge in [0.1, 0.15) is 18.1 Å². The molecule has 2 amide bonds. The van der Waals surface area contributed by atoms with E-state index in [-0.39, 0.29) is 24.9 Å². The van der Waals surface area contributed by atoms with Gasteiger partial charge in [0.15, 0.2) is 0 Å². The van der Waals surface area contributed by atoms with E-state index in [0.717, 1.165) is 12.2 Å². The van der Waals surface area contributed by atoms with Crippen molar-refractivity contribution in [1.29, 1.82) is 0 Å². The highest BCUT2D eigenvalue weighted by Gasteiger charge is 2.29. The second-order valence-corrected chi connectivity index (χ2v) is 4.96. The van der Waals surface area contributed by atoms with E-state index in [0.29, 0.717) is 25.4 Å². The monoisotopic (exact) mass is 279 g/mol. The molecule has 0 aliphatic carbocycles. The van der Waals surface area contributed by atoms with Crippen molar-refractivity contribution in [3.63, 3.8) is 0 Å². The number of hydrogen-bond donors (Lipinski definition) is 1. The molecule has 0 atom stereocenters. The first-order valence-electron chi connectivity index (χ1n) is 6.91. The van der Waals surface area contributed by atoms with E-state index in [1.54, 1.807) is 9.80 Å². The van der Waals surface area contributed by atoms with E-state index in [2.05, 4.69) is 5.32 Å². The van der Waals surface area contributed by atoms with Gasteiger partial charge in [-0.15, -0.1) is 0 Å². The fourth-order valence-electron chi connectivity index (χ4n) is 2.29. The second-order valence-electron chi connectivity index (χ2n) is 4.96. The molecule has 1 aliphatic heterocycles. The maximum atomic E-state index is 12.0. The molecule has 0 spiro atoms. The summed E-state index contributed by atoms with van der Waals surface area (Å²) in [7, 11) is 1.84. The van der Waals surface area contributed by atoms with Crippen molar-refractivity contribution in [2.24, 2.45) is 0 Å². The largest absolute Gasteiger partial charge is 0.463 e. The SMILES string of the molecule is CCCN1CC(=O)N(Cc2ccc(CNC)o2)CC1=O. The molecule has 0 saturated carbocycles. The summed E-state index contributed by atoms with van der Waals surface area (Å²) in [6.07, 6.45) is 0.866. The van der Waals surface area contributed by atoms with Crippen molar-refractivity contribution < 1.29 is 14.0 Å². The Morgan fingerprint density at radius 2 is 1.80 bits per heavy atom. The van der Waals surface area contributed by atoms with Gasteiger partial charge in [0.2, 0.25) is 11.8 Å². The third-order valence-electron chi connectivity index (χ3n) is 3.27. The molecule has 6 nitrogen and oxygen atoms in total. The van der Waals surface area contributed by atoms with Crippen LogP contribution in [0.25, 0.3) is 0 Å². The molecule has 1 aromatic heterocycles. The lowest BCUT2D eigenvalue weighted by molar-refractivity contribution is -0.150. The zero-order valence-corrected chi connectivity index (χ0v) is 12.0. The molecule has 110 valence electrons. The predicted octanol–water partition coefficient (Wildman–Crippen LogP) is 0.580. The second kappa shape index (κ2) is 6.56. The van der Waals surface area contributed by atoms with Crippen molar-refractivity contribution in [3.05, 3.63) is 23.7 Å². The molecule has 0 bridgehead atoms. The highest BCUT2D eigenvalue weighted by atomic mass is 16.3. The first-order chi connectivity index (χ1) is 9.63. The quantitative estimate of drug-likeness (QED) is 0.827. The average molecular weight is 279 g/mol. The molecule has 0 radical (unpaired) electrons. The Bertz CT molecular complexity index is 484. The van der Waals surface area contributed by atoms with Crippen LogP contribution >= 0.6 is 0 Å². The molecule has 20 heavy (non-hydrogen) atoms. The van der Waals surface area contributed by atoms with E-state index in [4.69, 9.17) is 4.42 Å². The van der Waals surface area contributed by atoms with E-state index >= 15 is 0 Å². The number of carbonyl (C=O) groups excluding carboxylic acids is 2. The number of nitrogens with zero attached hydrogens (tertiary/aromatic N) is 2. The maximum absolute atomic E-state index is 12.0. The molecule has 1 N–H and O–H groups in total. The van der Waals surface area contributed by atoms with Crippen molar-refractivity contribution in [2.45, 2.75) is 26.4 Å². The predicted molar refractivity (Wildman–Crippen MR) is 73.8 cm³/mol. The van der Waals surface area contributed by atoms with E-state index in [1.807, 2.05) is 26.1 Å². The minimum Gasteiger partial charge on any atom is -0.463 e. The summed E-state index contributed by atoms with van der Waals surface area (Å²) in [4.78, 5) is 27.1. The molecular formula is C14H21N3O3. The number of nitrogens with one attached hydrogen (secondary N) is 1. The molecule has 1 fully saturated rings. The number of carbonyl (C=O) groups is 2. The standard InChI is InChI=1S/C14H21N3O3/c1-3-6-16-9-14(19)17(10-13(16)18)8-12-5-4-11(20-12)7-15-2/h4-5,15H,3,6-10H2,1-2H3. The molecule has 1 aromatic rings. The number of furan rings is 1. The van der Waals surface area contributed by atoms with Crippen molar-refractivity contribution in [3.8, 4) is 0 Å². The van der Waals surface area contributed by atoms with Crippen LogP contribution in [0.5, 0.6) is 0 Å². The summed E-state index contributed by atoms with van der Waals surface area (Å²) in [5.41, 5.74) is 0. The van der Waals surface area contributed by atoms with Gasteiger partial charge in [-0.3, -0.25) is 9.59 Å². The van der Waals surface area contributed by atoms with Crippen molar-refractivity contribution in [2.75, 3.05) is 26.7 Å². The lowest BCUT2D eigenvalue weighted by Crippen LogP contribution is -2.53. The van der Waals surface area contributed by atoms with Gasteiger partial charge in [-0.1, -0.05) is 6.92 Å². The summed E-state index contributed by atoms with van der Waals surface area (Å²) >= 11 is 0. The molecule has 0 aromatic carbocycles. The van der Waals surface area contributed by atoms with Crippen LogP contribution in [0.1, 0.15) is 24.9 Å². The molecule has 6 heteroatoms. The topological polar surface area (TPSA) is 65.8 Å². The summed E-state index contributed by atoms with van der Waals surface area (Å²) in [5, 5.41) is 3.00. The molecule has 2 rings (SSSR count). The highest BCUT2D eigenvalue weighted by Crippen LogP contribution is 2.13. The number of hydrogen-bond acceptors (Lipinski definition) is 4. The van der Waals surface area contributed by atoms with Gasteiger partial charge in [-0.05, 0) is 25.6 Å². The van der Waals surface area contributed by atoms with Crippen LogP contribution in [0, 0.1) is 0 Å². The van der Waals surface area contributed by atoms with Gasteiger partial charge in [-0.25, -0.2) is 0 Å². The van der Waals surface area contributed by atoms with Gasteiger partial charge in [-0.2, -0.15) is 0 Å². The van der Waals surface area contributed by atoms with Crippen LogP contribution in [0.15, 0.2) is 16.5 Å². The Balaban J connectivity index is 1.95. The van der Waals surface area contributed by atoms with Crippen molar-refractivity contribution >= 4 is 11.8 Å². The number of piperazine rings is 1. The summed E-state index contributed by atoms with van der Waals surface area (Å²) < 4.78 is 5.60. The van der Waals surface area contributed by atoms with Gasteiger partial charge in [0.25, 0.3) is 0 Å². The zero-order chi connectivity index (χ0) is 14.5. The Kier molecular flexibility index (Phi) is 4.79. The lowest BCUT2D eigenvalue weighted by Gasteiger charge is -2.33. The summed E-state index contributed by atoms with van der Waals surface area (Å²) in [6.45, 7) is 3.96. The first kappa shape index (κ1) is 14.6. The Morgan fingerprint density at radius 1 is 1.15 bits per heavy atom. The minimum absolute atomic E-state index is 0.00783. The number of amides is 2. The van der Waals surface area contributed by atoms with Crippen molar-refractivity contribution in [1.82, 2.24) is 15.1 Å². The number of rotatable bonds is 6.